The van der Waals surface area contributed by atoms with Gasteiger partial charge in [0.2, 0.25) is 0 Å². The Labute approximate surface area is 106 Å². The van der Waals surface area contributed by atoms with Crippen molar-refractivity contribution in [2.45, 2.75) is 0 Å². The average Bonchev–Trinajstić information content (AvgIpc) is 2.34. The molecule has 0 aliphatic heterocycles. The Morgan fingerprint density at radius 1 is 1.44 bits per heavy atom. The lowest BCUT2D eigenvalue weighted by Gasteiger charge is -2.06. The molecule has 7 heteroatoms. The number of carbonyl (C=O) groups excluding carboxylic acids is 1. The minimum absolute atomic E-state index is 0.0222. The Balaban J connectivity index is 2.23. The van der Waals surface area contributed by atoms with E-state index in [9.17, 15) is 14.7 Å². The van der Waals surface area contributed by atoms with Gasteiger partial charge in [-0.3, -0.25) is 9.59 Å². The molecule has 0 bridgehead atoms. The van der Waals surface area contributed by atoms with Crippen LogP contribution in [0.4, 0.5) is 5.69 Å². The molecule has 0 saturated heterocycles. The second kappa shape index (κ2) is 4.89. The summed E-state index contributed by atoms with van der Waals surface area (Å²) in [6.07, 6.45) is 2.17. The number of aromatic amines is 1. The van der Waals surface area contributed by atoms with Crippen molar-refractivity contribution in [2.75, 3.05) is 5.32 Å². The number of hydrogen-bond acceptors (Lipinski definition) is 4. The van der Waals surface area contributed by atoms with Crippen molar-refractivity contribution in [1.29, 1.82) is 0 Å². The van der Waals surface area contributed by atoms with Crippen molar-refractivity contribution >= 4 is 23.2 Å². The molecule has 1 amide bonds. The van der Waals surface area contributed by atoms with Gasteiger partial charge < -0.3 is 15.4 Å². The molecule has 2 rings (SSSR count). The number of phenols is 1. The van der Waals surface area contributed by atoms with Crippen LogP contribution in [0, 0.1) is 0 Å². The van der Waals surface area contributed by atoms with Crippen LogP contribution in [-0.4, -0.2) is 21.0 Å². The lowest BCUT2D eigenvalue weighted by molar-refractivity contribution is 0.102. The highest BCUT2D eigenvalue weighted by Gasteiger charge is 2.10. The molecule has 92 valence electrons. The molecule has 0 spiro atoms. The number of carbonyl (C=O) groups is 1. The van der Waals surface area contributed by atoms with Gasteiger partial charge in [-0.1, -0.05) is 11.6 Å². The molecule has 1 heterocycles. The molecular weight excluding hydrogens is 258 g/mol. The quantitative estimate of drug-likeness (QED) is 0.715. The third kappa shape index (κ3) is 2.67. The van der Waals surface area contributed by atoms with Gasteiger partial charge in [0.1, 0.15) is 11.4 Å². The molecule has 3 N–H and O–H groups in total. The summed E-state index contributed by atoms with van der Waals surface area (Å²) in [5.41, 5.74) is -0.216. The zero-order valence-corrected chi connectivity index (χ0v) is 9.73. The van der Waals surface area contributed by atoms with E-state index < -0.39 is 11.5 Å². The van der Waals surface area contributed by atoms with Crippen LogP contribution in [0.15, 0.2) is 35.4 Å². The number of nitrogens with zero attached hydrogens (tertiary/aromatic N) is 1. The van der Waals surface area contributed by atoms with Gasteiger partial charge in [-0.15, -0.1) is 0 Å². The minimum atomic E-state index is -0.566. The SMILES string of the molecule is O=C(Nc1cc(Cl)ccc1O)c1c[nH]c(=O)cn1. The number of benzene rings is 1. The van der Waals surface area contributed by atoms with Crippen LogP contribution in [-0.2, 0) is 0 Å². The smallest absolute Gasteiger partial charge is 0.275 e. The van der Waals surface area contributed by atoms with E-state index in [0.717, 1.165) is 6.20 Å². The van der Waals surface area contributed by atoms with Crippen LogP contribution >= 0.6 is 11.6 Å². The van der Waals surface area contributed by atoms with E-state index in [4.69, 9.17) is 11.6 Å². The topological polar surface area (TPSA) is 95.1 Å². The van der Waals surface area contributed by atoms with Gasteiger partial charge in [-0.05, 0) is 18.2 Å². The number of halogens is 1. The molecule has 1 aromatic carbocycles. The number of H-pyrrole nitrogens is 1. The summed E-state index contributed by atoms with van der Waals surface area (Å²) < 4.78 is 0. The third-order valence-electron chi connectivity index (χ3n) is 2.11. The molecule has 0 aliphatic rings. The first kappa shape index (κ1) is 12.1. The molecule has 0 fully saturated rings. The molecule has 0 aliphatic carbocycles. The fourth-order valence-electron chi connectivity index (χ4n) is 1.26. The second-order valence-corrected chi connectivity index (χ2v) is 3.85. The van der Waals surface area contributed by atoms with Gasteiger partial charge in [0.15, 0.2) is 0 Å². The number of aromatic nitrogens is 2. The number of aromatic hydroxyl groups is 1. The Kier molecular flexibility index (Phi) is 3.29. The number of anilines is 1. The van der Waals surface area contributed by atoms with Gasteiger partial charge in [0, 0.05) is 11.2 Å². The monoisotopic (exact) mass is 265 g/mol. The third-order valence-corrected chi connectivity index (χ3v) is 2.35. The molecule has 18 heavy (non-hydrogen) atoms. The molecule has 0 radical (unpaired) electrons. The first-order valence-corrected chi connectivity index (χ1v) is 5.28. The van der Waals surface area contributed by atoms with E-state index >= 15 is 0 Å². The summed E-state index contributed by atoms with van der Waals surface area (Å²) in [5.74, 6) is -0.680. The van der Waals surface area contributed by atoms with Crippen LogP contribution in [0.3, 0.4) is 0 Å². The number of amides is 1. The predicted molar refractivity (Wildman–Crippen MR) is 65.9 cm³/mol. The van der Waals surface area contributed by atoms with Crippen molar-refractivity contribution in [3.05, 3.63) is 51.7 Å². The predicted octanol–water partition coefficient (Wildman–Crippen LogP) is 1.38. The highest BCUT2D eigenvalue weighted by molar-refractivity contribution is 6.31. The van der Waals surface area contributed by atoms with Crippen molar-refractivity contribution < 1.29 is 9.90 Å². The first-order valence-electron chi connectivity index (χ1n) is 4.91. The number of nitrogens with one attached hydrogen (secondary N) is 2. The van der Waals surface area contributed by atoms with E-state index in [2.05, 4.69) is 15.3 Å². The molecule has 0 saturated carbocycles. The van der Waals surface area contributed by atoms with Gasteiger partial charge in [0.25, 0.3) is 11.5 Å². The first-order chi connectivity index (χ1) is 8.56. The normalized spacial score (nSPS) is 10.1. The summed E-state index contributed by atoms with van der Waals surface area (Å²) in [6, 6.07) is 4.25. The highest BCUT2D eigenvalue weighted by Crippen LogP contribution is 2.26. The maximum atomic E-state index is 11.7. The lowest BCUT2D eigenvalue weighted by atomic mass is 10.3. The van der Waals surface area contributed by atoms with Crippen LogP contribution < -0.4 is 10.9 Å². The summed E-state index contributed by atoms with van der Waals surface area (Å²) in [4.78, 5) is 28.5. The van der Waals surface area contributed by atoms with Gasteiger partial charge in [-0.2, -0.15) is 0 Å². The fraction of sp³-hybridized carbons (Fsp3) is 0. The van der Waals surface area contributed by atoms with Crippen LogP contribution in [0.2, 0.25) is 5.02 Å². The number of phenolic OH excluding ortho intramolecular Hbond substituents is 1. The Hall–Kier alpha value is -2.34. The number of rotatable bonds is 2. The van der Waals surface area contributed by atoms with Gasteiger partial charge in [0.05, 0.1) is 11.9 Å². The second-order valence-electron chi connectivity index (χ2n) is 3.41. The molecule has 6 nitrogen and oxygen atoms in total. The Morgan fingerprint density at radius 2 is 2.22 bits per heavy atom. The van der Waals surface area contributed by atoms with E-state index in [-0.39, 0.29) is 17.1 Å². The van der Waals surface area contributed by atoms with E-state index in [1.165, 1.54) is 24.4 Å². The zero-order chi connectivity index (χ0) is 13.1. The van der Waals surface area contributed by atoms with E-state index in [0.29, 0.717) is 5.02 Å². The summed E-state index contributed by atoms with van der Waals surface area (Å²) in [6.45, 7) is 0. The minimum Gasteiger partial charge on any atom is -0.506 e. The Bertz CT molecular complexity index is 634. The van der Waals surface area contributed by atoms with E-state index in [1.54, 1.807) is 0 Å². The fourth-order valence-corrected chi connectivity index (χ4v) is 1.43. The highest BCUT2D eigenvalue weighted by atomic mass is 35.5. The van der Waals surface area contributed by atoms with Crippen LogP contribution in [0.5, 0.6) is 5.75 Å². The van der Waals surface area contributed by atoms with Crippen molar-refractivity contribution in [1.82, 2.24) is 9.97 Å². The summed E-state index contributed by atoms with van der Waals surface area (Å²) in [5, 5.41) is 12.3. The van der Waals surface area contributed by atoms with Gasteiger partial charge in [-0.25, -0.2) is 4.98 Å². The molecular formula is C11H8ClN3O3. The standard InChI is InChI=1S/C11H8ClN3O3/c12-6-1-2-9(16)7(3-6)15-11(18)8-4-14-10(17)5-13-8/h1-5,16H,(H,14,17)(H,15,18). The van der Waals surface area contributed by atoms with Crippen LogP contribution in [0.25, 0.3) is 0 Å². The van der Waals surface area contributed by atoms with Crippen molar-refractivity contribution in [3.8, 4) is 5.75 Å². The molecule has 2 aromatic rings. The summed E-state index contributed by atoms with van der Waals surface area (Å²) >= 11 is 5.74. The molecule has 0 atom stereocenters. The van der Waals surface area contributed by atoms with Crippen LogP contribution in [0.1, 0.15) is 10.5 Å². The van der Waals surface area contributed by atoms with Crippen molar-refractivity contribution in [2.24, 2.45) is 0 Å². The maximum Gasteiger partial charge on any atom is 0.275 e. The molecule has 0 unspecified atom stereocenters. The zero-order valence-electron chi connectivity index (χ0n) is 8.98. The molecule has 1 aromatic heterocycles. The average molecular weight is 266 g/mol. The number of hydrogen-bond donors (Lipinski definition) is 3. The van der Waals surface area contributed by atoms with E-state index in [1.807, 2.05) is 0 Å². The Morgan fingerprint density at radius 3 is 2.89 bits per heavy atom. The maximum absolute atomic E-state index is 11.7. The largest absolute Gasteiger partial charge is 0.506 e. The lowest BCUT2D eigenvalue weighted by Crippen LogP contribution is -2.17. The van der Waals surface area contributed by atoms with Crippen molar-refractivity contribution in [3.63, 3.8) is 0 Å². The summed E-state index contributed by atoms with van der Waals surface area (Å²) in [7, 11) is 0. The van der Waals surface area contributed by atoms with Gasteiger partial charge >= 0.3 is 0 Å².